The Labute approximate surface area is 165 Å². The van der Waals surface area contributed by atoms with Gasteiger partial charge in [-0.2, -0.15) is 4.31 Å². The van der Waals surface area contributed by atoms with Crippen LogP contribution in [0.5, 0.6) is 0 Å². The van der Waals surface area contributed by atoms with E-state index in [1.165, 1.54) is 28.6 Å². The molecule has 1 amide bonds. The summed E-state index contributed by atoms with van der Waals surface area (Å²) in [4.78, 5) is 14.4. The molecule has 0 aromatic heterocycles. The second-order valence-electron chi connectivity index (χ2n) is 6.68. The standard InChI is InChI=1S/C20H24FN3O3S/c1-2-23(18-9-5-7-16(21)13-18)15-20(25)22-17-8-6-10-19(14-17)28(26,27)24-11-3-4-12-24/h5-10,13-14H,2-4,11-12,15H2,1H3,(H,22,25). The monoisotopic (exact) mass is 405 g/mol. The van der Waals surface area contributed by atoms with Crippen LogP contribution in [0.3, 0.4) is 0 Å². The zero-order valence-corrected chi connectivity index (χ0v) is 16.6. The van der Waals surface area contributed by atoms with Crippen LogP contribution in [-0.4, -0.2) is 44.8 Å². The van der Waals surface area contributed by atoms with E-state index in [9.17, 15) is 17.6 Å². The predicted octanol–water partition coefficient (Wildman–Crippen LogP) is 3.08. The molecule has 0 saturated carbocycles. The van der Waals surface area contributed by atoms with Crippen LogP contribution in [0.4, 0.5) is 15.8 Å². The van der Waals surface area contributed by atoms with E-state index in [2.05, 4.69) is 5.32 Å². The Hall–Kier alpha value is -2.45. The van der Waals surface area contributed by atoms with Crippen LogP contribution in [0.15, 0.2) is 53.4 Å². The predicted molar refractivity (Wildman–Crippen MR) is 107 cm³/mol. The van der Waals surface area contributed by atoms with Crippen LogP contribution in [0, 0.1) is 5.82 Å². The normalized spacial score (nSPS) is 14.8. The highest BCUT2D eigenvalue weighted by Crippen LogP contribution is 2.23. The van der Waals surface area contributed by atoms with E-state index in [1.54, 1.807) is 29.2 Å². The zero-order valence-electron chi connectivity index (χ0n) is 15.8. The van der Waals surface area contributed by atoms with E-state index >= 15 is 0 Å². The molecule has 1 aliphatic heterocycles. The number of benzene rings is 2. The van der Waals surface area contributed by atoms with Gasteiger partial charge in [-0.05, 0) is 56.2 Å². The van der Waals surface area contributed by atoms with Crippen molar-refractivity contribution in [3.63, 3.8) is 0 Å². The molecule has 0 unspecified atom stereocenters. The number of anilines is 2. The maximum absolute atomic E-state index is 13.4. The number of likely N-dealkylation sites (N-methyl/N-ethyl adjacent to an activating group) is 1. The third-order valence-electron chi connectivity index (χ3n) is 4.71. The van der Waals surface area contributed by atoms with Crippen molar-refractivity contribution in [3.05, 3.63) is 54.3 Å². The fraction of sp³-hybridized carbons (Fsp3) is 0.350. The van der Waals surface area contributed by atoms with Gasteiger partial charge in [0.25, 0.3) is 0 Å². The van der Waals surface area contributed by atoms with Gasteiger partial charge in [0, 0.05) is 31.0 Å². The summed E-state index contributed by atoms with van der Waals surface area (Å²) in [6.45, 7) is 3.49. The largest absolute Gasteiger partial charge is 0.362 e. The SMILES string of the molecule is CCN(CC(=O)Nc1cccc(S(=O)(=O)N2CCCC2)c1)c1cccc(F)c1. The van der Waals surface area contributed by atoms with Crippen molar-refractivity contribution in [2.45, 2.75) is 24.7 Å². The third kappa shape index (κ3) is 4.69. The summed E-state index contributed by atoms with van der Waals surface area (Å²) >= 11 is 0. The lowest BCUT2D eigenvalue weighted by atomic mass is 10.2. The summed E-state index contributed by atoms with van der Waals surface area (Å²) in [5.74, 6) is -0.669. The van der Waals surface area contributed by atoms with Crippen molar-refractivity contribution in [1.82, 2.24) is 4.31 Å². The lowest BCUT2D eigenvalue weighted by Crippen LogP contribution is -2.33. The molecule has 0 spiro atoms. The molecular formula is C20H24FN3O3S. The minimum Gasteiger partial charge on any atom is -0.362 e. The second-order valence-corrected chi connectivity index (χ2v) is 8.62. The fourth-order valence-corrected chi connectivity index (χ4v) is 4.81. The number of sulfonamides is 1. The van der Waals surface area contributed by atoms with E-state index in [-0.39, 0.29) is 23.2 Å². The molecule has 0 radical (unpaired) electrons. The number of amides is 1. The summed E-state index contributed by atoms with van der Waals surface area (Å²) in [7, 11) is -3.54. The van der Waals surface area contributed by atoms with Gasteiger partial charge in [-0.25, -0.2) is 12.8 Å². The van der Waals surface area contributed by atoms with Gasteiger partial charge in [0.1, 0.15) is 5.82 Å². The molecule has 2 aromatic carbocycles. The van der Waals surface area contributed by atoms with Gasteiger partial charge in [0.05, 0.1) is 11.4 Å². The molecule has 28 heavy (non-hydrogen) atoms. The second kappa shape index (κ2) is 8.70. The number of halogens is 1. The first-order valence-corrected chi connectivity index (χ1v) is 10.7. The Morgan fingerprint density at radius 2 is 1.86 bits per heavy atom. The smallest absolute Gasteiger partial charge is 0.243 e. The first kappa shape index (κ1) is 20.3. The fourth-order valence-electron chi connectivity index (χ4n) is 3.24. The van der Waals surface area contributed by atoms with Gasteiger partial charge >= 0.3 is 0 Å². The molecule has 1 saturated heterocycles. The first-order chi connectivity index (χ1) is 13.4. The summed E-state index contributed by atoms with van der Waals surface area (Å²) in [5.41, 5.74) is 1.03. The quantitative estimate of drug-likeness (QED) is 0.769. The number of hydrogen-bond acceptors (Lipinski definition) is 4. The number of rotatable bonds is 7. The Morgan fingerprint density at radius 1 is 1.14 bits per heavy atom. The van der Waals surface area contributed by atoms with Crippen LogP contribution < -0.4 is 10.2 Å². The third-order valence-corrected chi connectivity index (χ3v) is 6.60. The van der Waals surface area contributed by atoms with Crippen LogP contribution >= 0.6 is 0 Å². The molecule has 0 bridgehead atoms. The average Bonchev–Trinajstić information content (AvgIpc) is 3.22. The summed E-state index contributed by atoms with van der Waals surface area (Å²) in [5, 5.41) is 2.74. The maximum atomic E-state index is 13.4. The van der Waals surface area contributed by atoms with Crippen molar-refractivity contribution in [3.8, 4) is 0 Å². The van der Waals surface area contributed by atoms with Crippen molar-refractivity contribution in [2.24, 2.45) is 0 Å². The Kier molecular flexibility index (Phi) is 6.31. The van der Waals surface area contributed by atoms with E-state index in [1.807, 2.05) is 6.92 Å². The van der Waals surface area contributed by atoms with Crippen LogP contribution in [0.2, 0.25) is 0 Å². The average molecular weight is 405 g/mol. The van der Waals surface area contributed by atoms with Gasteiger partial charge in [0.2, 0.25) is 15.9 Å². The van der Waals surface area contributed by atoms with Crippen molar-refractivity contribution >= 4 is 27.3 Å². The minimum absolute atomic E-state index is 0.0308. The summed E-state index contributed by atoms with van der Waals surface area (Å²) in [6, 6.07) is 12.3. The van der Waals surface area contributed by atoms with Gasteiger partial charge < -0.3 is 10.2 Å². The Balaban J connectivity index is 1.70. The van der Waals surface area contributed by atoms with Crippen LogP contribution in [0.25, 0.3) is 0 Å². The molecule has 6 nitrogen and oxygen atoms in total. The summed E-state index contributed by atoms with van der Waals surface area (Å²) < 4.78 is 40.3. The number of carbonyl (C=O) groups is 1. The van der Waals surface area contributed by atoms with Gasteiger partial charge in [-0.3, -0.25) is 4.79 Å². The lowest BCUT2D eigenvalue weighted by molar-refractivity contribution is -0.115. The first-order valence-electron chi connectivity index (χ1n) is 9.31. The van der Waals surface area contributed by atoms with Gasteiger partial charge in [-0.15, -0.1) is 0 Å². The molecule has 0 atom stereocenters. The molecule has 1 N–H and O–H groups in total. The number of nitrogens with zero attached hydrogens (tertiary/aromatic N) is 2. The van der Waals surface area contributed by atoms with Crippen molar-refractivity contribution in [1.29, 1.82) is 0 Å². The van der Waals surface area contributed by atoms with Crippen molar-refractivity contribution in [2.75, 3.05) is 36.4 Å². The zero-order chi connectivity index (χ0) is 20.1. The Bertz CT molecular complexity index is 943. The Morgan fingerprint density at radius 3 is 2.54 bits per heavy atom. The number of carbonyl (C=O) groups excluding carboxylic acids is 1. The highest BCUT2D eigenvalue weighted by atomic mass is 32.2. The molecule has 1 heterocycles. The van der Waals surface area contributed by atoms with Crippen LogP contribution in [-0.2, 0) is 14.8 Å². The van der Waals surface area contributed by atoms with Gasteiger partial charge in [0.15, 0.2) is 0 Å². The highest BCUT2D eigenvalue weighted by Gasteiger charge is 2.27. The van der Waals surface area contributed by atoms with E-state index < -0.39 is 10.0 Å². The molecule has 0 aliphatic carbocycles. The van der Waals surface area contributed by atoms with Crippen LogP contribution in [0.1, 0.15) is 19.8 Å². The summed E-state index contributed by atoms with van der Waals surface area (Å²) in [6.07, 6.45) is 1.73. The molecule has 3 rings (SSSR count). The van der Waals surface area contributed by atoms with E-state index in [4.69, 9.17) is 0 Å². The van der Waals surface area contributed by atoms with E-state index in [0.717, 1.165) is 12.8 Å². The molecule has 1 aliphatic rings. The lowest BCUT2D eigenvalue weighted by Gasteiger charge is -2.22. The maximum Gasteiger partial charge on any atom is 0.243 e. The van der Waals surface area contributed by atoms with Crippen molar-refractivity contribution < 1.29 is 17.6 Å². The highest BCUT2D eigenvalue weighted by molar-refractivity contribution is 7.89. The van der Waals surface area contributed by atoms with Gasteiger partial charge in [-0.1, -0.05) is 12.1 Å². The molecule has 150 valence electrons. The molecular weight excluding hydrogens is 381 g/mol. The number of hydrogen-bond donors (Lipinski definition) is 1. The minimum atomic E-state index is -3.54. The topological polar surface area (TPSA) is 69.7 Å². The van der Waals surface area contributed by atoms with E-state index in [0.29, 0.717) is 31.0 Å². The molecule has 2 aromatic rings. The number of nitrogens with one attached hydrogen (secondary N) is 1. The molecule has 8 heteroatoms. The molecule has 1 fully saturated rings.